The summed E-state index contributed by atoms with van der Waals surface area (Å²) in [6.07, 6.45) is 0.520. The normalized spacial score (nSPS) is 9.85. The number of aldehydes is 1. The van der Waals surface area contributed by atoms with E-state index in [9.17, 15) is 14.9 Å². The summed E-state index contributed by atoms with van der Waals surface area (Å²) < 4.78 is 10.5. The summed E-state index contributed by atoms with van der Waals surface area (Å²) in [5.41, 5.74) is -0.0378. The van der Waals surface area contributed by atoms with Crippen LogP contribution in [-0.2, 0) is 0 Å². The smallest absolute Gasteiger partial charge is 0.270 e. The molecule has 0 atom stereocenters. The molecule has 0 saturated carbocycles. The van der Waals surface area contributed by atoms with Crippen molar-refractivity contribution in [1.82, 2.24) is 0 Å². The number of hydrogen-bond donors (Lipinski definition) is 0. The van der Waals surface area contributed by atoms with Crippen LogP contribution in [0.25, 0.3) is 0 Å². The molecule has 0 heterocycles. The van der Waals surface area contributed by atoms with Gasteiger partial charge in [0.15, 0.2) is 6.29 Å². The van der Waals surface area contributed by atoms with Gasteiger partial charge in [0.1, 0.15) is 17.2 Å². The first-order valence-corrected chi connectivity index (χ1v) is 5.69. The van der Waals surface area contributed by atoms with Crippen LogP contribution in [0.15, 0.2) is 42.5 Å². The van der Waals surface area contributed by atoms with E-state index >= 15 is 0 Å². The highest BCUT2D eigenvalue weighted by molar-refractivity contribution is 5.80. The van der Waals surface area contributed by atoms with Crippen molar-refractivity contribution >= 4 is 12.0 Å². The van der Waals surface area contributed by atoms with Gasteiger partial charge >= 0.3 is 0 Å². The van der Waals surface area contributed by atoms with Crippen LogP contribution in [-0.4, -0.2) is 18.3 Å². The van der Waals surface area contributed by atoms with Crippen LogP contribution < -0.4 is 9.47 Å². The molecule has 6 nitrogen and oxygen atoms in total. The Morgan fingerprint density at radius 3 is 2.30 bits per heavy atom. The van der Waals surface area contributed by atoms with Gasteiger partial charge in [0.05, 0.1) is 17.6 Å². The van der Waals surface area contributed by atoms with Crippen molar-refractivity contribution in [3.05, 3.63) is 58.1 Å². The first kappa shape index (κ1) is 13.5. The Hall–Kier alpha value is -2.89. The van der Waals surface area contributed by atoms with Crippen molar-refractivity contribution in [3.63, 3.8) is 0 Å². The first-order chi connectivity index (χ1) is 9.63. The number of carbonyl (C=O) groups excluding carboxylic acids is 1. The lowest BCUT2D eigenvalue weighted by atomic mass is 10.2. The molecule has 0 bridgehead atoms. The molecule has 20 heavy (non-hydrogen) atoms. The van der Waals surface area contributed by atoms with E-state index in [2.05, 4.69) is 0 Å². The van der Waals surface area contributed by atoms with E-state index in [-0.39, 0.29) is 17.0 Å². The van der Waals surface area contributed by atoms with Crippen LogP contribution in [0.1, 0.15) is 10.4 Å². The van der Waals surface area contributed by atoms with E-state index in [4.69, 9.17) is 9.47 Å². The third-order valence-electron chi connectivity index (χ3n) is 2.62. The quantitative estimate of drug-likeness (QED) is 0.475. The summed E-state index contributed by atoms with van der Waals surface area (Å²) in [6.45, 7) is 0. The zero-order valence-electron chi connectivity index (χ0n) is 10.6. The number of nitro benzene ring substituents is 1. The maximum atomic E-state index is 11.0. The van der Waals surface area contributed by atoms with Gasteiger partial charge in [-0.2, -0.15) is 0 Å². The molecule has 2 aromatic carbocycles. The fourth-order valence-electron chi connectivity index (χ4n) is 1.61. The highest BCUT2D eigenvalue weighted by Gasteiger charge is 2.12. The first-order valence-electron chi connectivity index (χ1n) is 5.69. The van der Waals surface area contributed by atoms with Gasteiger partial charge in [0.2, 0.25) is 0 Å². The van der Waals surface area contributed by atoms with E-state index in [0.717, 1.165) is 0 Å². The van der Waals surface area contributed by atoms with Crippen LogP contribution in [0, 0.1) is 10.1 Å². The number of methoxy groups -OCH3 is 1. The molecule has 0 aliphatic carbocycles. The Morgan fingerprint density at radius 2 is 1.75 bits per heavy atom. The van der Waals surface area contributed by atoms with Gasteiger partial charge < -0.3 is 9.47 Å². The Kier molecular flexibility index (Phi) is 3.95. The molecule has 0 aliphatic heterocycles. The molecule has 0 fully saturated rings. The molecule has 0 N–H and O–H groups in total. The molecule has 0 aromatic heterocycles. The van der Waals surface area contributed by atoms with E-state index in [0.29, 0.717) is 17.8 Å². The minimum Gasteiger partial charge on any atom is -0.497 e. The molecule has 6 heteroatoms. The Balaban J connectivity index is 2.27. The van der Waals surface area contributed by atoms with Crippen LogP contribution in [0.4, 0.5) is 5.69 Å². The highest BCUT2D eigenvalue weighted by atomic mass is 16.6. The average Bonchev–Trinajstić information content (AvgIpc) is 2.48. The second kappa shape index (κ2) is 5.83. The fourth-order valence-corrected chi connectivity index (χ4v) is 1.61. The van der Waals surface area contributed by atoms with Crippen molar-refractivity contribution in [2.45, 2.75) is 0 Å². The lowest BCUT2D eigenvalue weighted by Gasteiger charge is -2.08. The second-order valence-corrected chi connectivity index (χ2v) is 3.87. The van der Waals surface area contributed by atoms with Gasteiger partial charge in [-0.05, 0) is 30.3 Å². The fraction of sp³-hybridized carbons (Fsp3) is 0.0714. The zero-order chi connectivity index (χ0) is 14.5. The summed E-state index contributed by atoms with van der Waals surface area (Å²) in [5.74, 6) is 1.44. The van der Waals surface area contributed by atoms with E-state index in [1.54, 1.807) is 31.4 Å². The lowest BCUT2D eigenvalue weighted by molar-refractivity contribution is -0.384. The van der Waals surface area contributed by atoms with Gasteiger partial charge in [-0.3, -0.25) is 14.9 Å². The summed E-state index contributed by atoms with van der Waals surface area (Å²) in [4.78, 5) is 21.0. The molecule has 2 rings (SSSR count). The number of nitrogens with zero attached hydrogens (tertiary/aromatic N) is 1. The largest absolute Gasteiger partial charge is 0.497 e. The van der Waals surface area contributed by atoms with Crippen LogP contribution in [0.2, 0.25) is 0 Å². The standard InChI is InChI=1S/C14H11NO5/c1-19-12-3-5-13(6-4-12)20-14-7-2-11(15(17)18)8-10(14)9-16/h2-9H,1H3. The van der Waals surface area contributed by atoms with Gasteiger partial charge in [-0.1, -0.05) is 0 Å². The topological polar surface area (TPSA) is 78.7 Å². The van der Waals surface area contributed by atoms with E-state index in [1.165, 1.54) is 18.2 Å². The highest BCUT2D eigenvalue weighted by Crippen LogP contribution is 2.28. The Bertz CT molecular complexity index is 637. The van der Waals surface area contributed by atoms with E-state index < -0.39 is 4.92 Å². The van der Waals surface area contributed by atoms with Crippen molar-refractivity contribution in [2.24, 2.45) is 0 Å². The SMILES string of the molecule is COc1ccc(Oc2ccc([N+](=O)[O-])cc2C=O)cc1. The number of non-ortho nitro benzene ring substituents is 1. The van der Waals surface area contributed by atoms with Crippen LogP contribution in [0.3, 0.4) is 0 Å². The molecule has 0 amide bonds. The number of carbonyl (C=O) groups is 1. The molecule has 2 aromatic rings. The van der Waals surface area contributed by atoms with E-state index in [1.807, 2.05) is 0 Å². The molecule has 0 radical (unpaired) electrons. The summed E-state index contributed by atoms with van der Waals surface area (Å²) >= 11 is 0. The molecule has 0 unspecified atom stereocenters. The van der Waals surface area contributed by atoms with Crippen molar-refractivity contribution in [3.8, 4) is 17.2 Å². The lowest BCUT2D eigenvalue weighted by Crippen LogP contribution is -1.94. The summed E-state index contributed by atoms with van der Waals surface area (Å²) in [5, 5.41) is 10.6. The average molecular weight is 273 g/mol. The molecular weight excluding hydrogens is 262 g/mol. The van der Waals surface area contributed by atoms with Crippen LogP contribution >= 0.6 is 0 Å². The monoisotopic (exact) mass is 273 g/mol. The van der Waals surface area contributed by atoms with Crippen molar-refractivity contribution in [1.29, 1.82) is 0 Å². The number of benzene rings is 2. The summed E-state index contributed by atoms with van der Waals surface area (Å²) in [7, 11) is 1.55. The molecule has 102 valence electrons. The predicted molar refractivity (Wildman–Crippen MR) is 71.6 cm³/mol. The number of rotatable bonds is 5. The second-order valence-electron chi connectivity index (χ2n) is 3.87. The van der Waals surface area contributed by atoms with Gasteiger partial charge in [-0.25, -0.2) is 0 Å². The third kappa shape index (κ3) is 2.92. The van der Waals surface area contributed by atoms with Gasteiger partial charge in [0, 0.05) is 12.1 Å². The van der Waals surface area contributed by atoms with Gasteiger partial charge in [-0.15, -0.1) is 0 Å². The van der Waals surface area contributed by atoms with Gasteiger partial charge in [0.25, 0.3) is 5.69 Å². The van der Waals surface area contributed by atoms with Crippen LogP contribution in [0.5, 0.6) is 17.2 Å². The Morgan fingerprint density at radius 1 is 1.10 bits per heavy atom. The number of ether oxygens (including phenoxy) is 2. The number of nitro groups is 1. The third-order valence-corrected chi connectivity index (χ3v) is 2.62. The minimum absolute atomic E-state index is 0.120. The molecule has 0 spiro atoms. The zero-order valence-corrected chi connectivity index (χ0v) is 10.6. The maximum absolute atomic E-state index is 11.0. The molecular formula is C14H11NO5. The summed E-state index contributed by atoms with van der Waals surface area (Å²) in [6, 6.07) is 10.6. The Labute approximate surface area is 114 Å². The molecule has 0 saturated heterocycles. The molecule has 0 aliphatic rings. The minimum atomic E-state index is -0.565. The maximum Gasteiger partial charge on any atom is 0.270 e. The van der Waals surface area contributed by atoms with Crippen molar-refractivity contribution in [2.75, 3.05) is 7.11 Å². The predicted octanol–water partition coefficient (Wildman–Crippen LogP) is 3.21. The van der Waals surface area contributed by atoms with Crippen molar-refractivity contribution < 1.29 is 19.2 Å². The number of hydrogen-bond acceptors (Lipinski definition) is 5.